The predicted molar refractivity (Wildman–Crippen MR) is 202 cm³/mol. The number of hydrogen-bond acceptors (Lipinski definition) is 7. The summed E-state index contributed by atoms with van der Waals surface area (Å²) in [4.78, 5) is 13.8. The number of aromatic carboxylic acids is 1. The van der Waals surface area contributed by atoms with Crippen LogP contribution in [0.5, 0.6) is 0 Å². The first-order chi connectivity index (χ1) is 23.8. The normalized spacial score (nSPS) is 44.3. The number of nitrogens with zero attached hydrogens (tertiary/aromatic N) is 1. The Morgan fingerprint density at radius 2 is 1.63 bits per heavy atom. The minimum absolute atomic E-state index is 0.0756. The van der Waals surface area contributed by atoms with Gasteiger partial charge < -0.3 is 25.5 Å². The molecule has 4 saturated carbocycles. The van der Waals surface area contributed by atoms with Gasteiger partial charge in [0.05, 0.1) is 29.3 Å². The number of fused-ring (bicyclic) bond motifs is 7. The second-order valence-corrected chi connectivity index (χ2v) is 21.2. The number of allylic oxidation sites excluding steroid dienone is 3. The van der Waals surface area contributed by atoms with Crippen LogP contribution in [0, 0.1) is 51.2 Å². The number of hydrogen-bond donors (Lipinski definition) is 4. The van der Waals surface area contributed by atoms with E-state index >= 15 is 0 Å². The topological polar surface area (TPSA) is 127 Å². The summed E-state index contributed by atoms with van der Waals surface area (Å²) in [5, 5.41) is 38.8. The van der Waals surface area contributed by atoms with Crippen molar-refractivity contribution < 1.29 is 28.5 Å². The van der Waals surface area contributed by atoms with Crippen LogP contribution in [0.15, 0.2) is 42.5 Å². The fourth-order valence-corrected chi connectivity index (χ4v) is 15.1. The molecule has 1 aromatic carbocycles. The molecule has 282 valence electrons. The molecule has 9 heteroatoms. The summed E-state index contributed by atoms with van der Waals surface area (Å²) in [7, 11) is -2.93. The van der Waals surface area contributed by atoms with Crippen LogP contribution in [-0.2, 0) is 9.84 Å². The van der Waals surface area contributed by atoms with Gasteiger partial charge in [0.2, 0.25) is 0 Å². The molecule has 1 saturated heterocycles. The van der Waals surface area contributed by atoms with E-state index in [4.69, 9.17) is 0 Å². The zero-order valence-corrected chi connectivity index (χ0v) is 32.6. The highest BCUT2D eigenvalue weighted by molar-refractivity contribution is 7.91. The van der Waals surface area contributed by atoms with Crippen LogP contribution in [0.2, 0.25) is 0 Å². The van der Waals surface area contributed by atoms with Gasteiger partial charge in [-0.15, -0.1) is 0 Å². The van der Waals surface area contributed by atoms with Gasteiger partial charge in [0.25, 0.3) is 0 Å². The molecule has 0 radical (unpaired) electrons. The molecule has 1 aliphatic heterocycles. The summed E-state index contributed by atoms with van der Waals surface area (Å²) >= 11 is 0. The lowest BCUT2D eigenvalue weighted by molar-refractivity contribution is -0.289. The van der Waals surface area contributed by atoms with Gasteiger partial charge in [-0.1, -0.05) is 65.0 Å². The van der Waals surface area contributed by atoms with E-state index in [1.807, 2.05) is 12.1 Å². The third-order valence-electron chi connectivity index (χ3n) is 16.6. The molecule has 5 fully saturated rings. The summed E-state index contributed by atoms with van der Waals surface area (Å²) in [5.41, 5.74) is 2.28. The number of nitrogens with one attached hydrogen (secondary N) is 1. The maximum absolute atomic E-state index is 12.7. The number of carboxylic acids is 1. The minimum atomic E-state index is -2.93. The lowest BCUT2D eigenvalue weighted by atomic mass is 9.31. The Kier molecular flexibility index (Phi) is 9.14. The number of carboxylic acid groups (broad SMARTS) is 1. The van der Waals surface area contributed by atoms with Crippen molar-refractivity contribution in [2.75, 3.05) is 37.7 Å². The van der Waals surface area contributed by atoms with Crippen LogP contribution >= 0.6 is 0 Å². The van der Waals surface area contributed by atoms with E-state index in [1.165, 1.54) is 11.1 Å². The van der Waals surface area contributed by atoms with E-state index in [2.05, 4.69) is 64.4 Å². The van der Waals surface area contributed by atoms with Crippen molar-refractivity contribution in [3.63, 3.8) is 0 Å². The Morgan fingerprint density at radius 3 is 2.25 bits per heavy atom. The smallest absolute Gasteiger partial charge is 0.335 e. The van der Waals surface area contributed by atoms with Crippen LogP contribution in [0.25, 0.3) is 5.57 Å². The number of benzene rings is 1. The molecule has 5 aliphatic carbocycles. The Labute approximate surface area is 306 Å². The molecule has 0 amide bonds. The van der Waals surface area contributed by atoms with Gasteiger partial charge in [-0.05, 0) is 116 Å². The zero-order chi connectivity index (χ0) is 36.9. The van der Waals surface area contributed by atoms with Gasteiger partial charge in [-0.25, -0.2) is 13.2 Å². The standard InChI is InChI=1S/C42H62N2O6S/c1-26(2)29-14-17-42(43-18-19-44-20-22-51(49,50)23-21-44)25-35(46)40(6)31(36(29)42)12-13-32-39(5)16-15-30(27-8-10-28(11-9-27)37(47)48)38(3,4)33(39)24-34(45)41(32,40)7/h8-11,15,29,31-36,43,45-46H,1,12-14,16-25H2,2-7H3,(H,47,48)/t29-,31+,32+,33-,34-,35-,36+,39+,40-,41-,42-/m0/s1. The monoisotopic (exact) mass is 722 g/mol. The maximum Gasteiger partial charge on any atom is 0.335 e. The Hall–Kier alpha value is -2.04. The second kappa shape index (κ2) is 12.5. The summed E-state index contributed by atoms with van der Waals surface area (Å²) < 4.78 is 24.1. The number of sulfone groups is 1. The van der Waals surface area contributed by atoms with Gasteiger partial charge >= 0.3 is 5.97 Å². The Balaban J connectivity index is 1.20. The molecule has 0 spiro atoms. The average Bonchev–Trinajstić information content (AvgIpc) is 3.43. The highest BCUT2D eigenvalue weighted by Crippen LogP contribution is 2.76. The van der Waals surface area contributed by atoms with Crippen LogP contribution in [0.1, 0.15) is 102 Å². The fourth-order valence-electron chi connectivity index (χ4n) is 13.8. The van der Waals surface area contributed by atoms with E-state index in [9.17, 15) is 28.5 Å². The third-order valence-corrected chi connectivity index (χ3v) is 18.2. The lowest BCUT2D eigenvalue weighted by Gasteiger charge is -2.74. The average molecular weight is 723 g/mol. The van der Waals surface area contributed by atoms with Gasteiger partial charge in [-0.2, -0.15) is 0 Å². The van der Waals surface area contributed by atoms with Gasteiger partial charge in [-0.3, -0.25) is 0 Å². The molecule has 11 atom stereocenters. The summed E-state index contributed by atoms with van der Waals surface area (Å²) in [6.07, 6.45) is 7.52. The quantitative estimate of drug-likeness (QED) is 0.251. The largest absolute Gasteiger partial charge is 0.478 e. The first kappa shape index (κ1) is 37.3. The summed E-state index contributed by atoms with van der Waals surface area (Å²) in [5.74, 6) is 0.867. The molecule has 4 N–H and O–H groups in total. The Bertz CT molecular complexity index is 1690. The molecule has 1 heterocycles. The van der Waals surface area contributed by atoms with Crippen LogP contribution < -0.4 is 5.32 Å². The van der Waals surface area contributed by atoms with Crippen molar-refractivity contribution in [2.45, 2.75) is 104 Å². The SMILES string of the molecule is C=C(C)[C@@H]1CC[C@]2(NCCN3CCS(=O)(=O)CC3)C[C@H](O)[C@]3(C)[C@H](CC[C@@H]4[C@@]5(C)CC=C(c6ccc(C(=O)O)cc6)C(C)(C)[C@@H]5C[C@H](O)[C@]43C)[C@@H]12. The van der Waals surface area contributed by atoms with Crippen molar-refractivity contribution in [1.29, 1.82) is 0 Å². The first-order valence-corrected chi connectivity index (χ1v) is 21.4. The maximum atomic E-state index is 12.7. The van der Waals surface area contributed by atoms with E-state index in [-0.39, 0.29) is 51.2 Å². The van der Waals surface area contributed by atoms with Crippen LogP contribution in [0.4, 0.5) is 0 Å². The number of rotatable bonds is 7. The third kappa shape index (κ3) is 5.48. The number of aliphatic hydroxyl groups is 2. The fraction of sp³-hybridized carbons (Fsp3) is 0.738. The predicted octanol–water partition coefficient (Wildman–Crippen LogP) is 6.05. The van der Waals surface area contributed by atoms with Gasteiger partial charge in [0.1, 0.15) is 0 Å². The van der Waals surface area contributed by atoms with E-state index in [1.54, 1.807) is 12.1 Å². The zero-order valence-electron chi connectivity index (χ0n) is 31.7. The molecule has 0 unspecified atom stereocenters. The van der Waals surface area contributed by atoms with E-state index in [0.29, 0.717) is 37.8 Å². The van der Waals surface area contributed by atoms with Crippen molar-refractivity contribution in [1.82, 2.24) is 10.2 Å². The van der Waals surface area contributed by atoms with Crippen molar-refractivity contribution in [3.05, 3.63) is 53.6 Å². The van der Waals surface area contributed by atoms with Crippen molar-refractivity contribution in [3.8, 4) is 0 Å². The Morgan fingerprint density at radius 1 is 0.961 bits per heavy atom. The molecular formula is C42H62N2O6S. The molecule has 1 aromatic rings. The molecule has 7 rings (SSSR count). The lowest BCUT2D eigenvalue weighted by Crippen LogP contribution is -2.75. The second-order valence-electron chi connectivity index (χ2n) is 18.9. The molecule has 0 bridgehead atoms. The molecule has 6 aliphatic rings. The van der Waals surface area contributed by atoms with Gasteiger partial charge in [0, 0.05) is 42.5 Å². The number of carbonyl (C=O) groups is 1. The van der Waals surface area contributed by atoms with Crippen molar-refractivity contribution in [2.24, 2.45) is 51.2 Å². The first-order valence-electron chi connectivity index (χ1n) is 19.6. The van der Waals surface area contributed by atoms with Crippen LogP contribution in [0.3, 0.4) is 0 Å². The summed E-state index contributed by atoms with van der Waals surface area (Å²) in [6.45, 7) is 21.1. The van der Waals surface area contributed by atoms with E-state index in [0.717, 1.165) is 50.8 Å². The van der Waals surface area contributed by atoms with Gasteiger partial charge in [0.15, 0.2) is 9.84 Å². The molecule has 0 aromatic heterocycles. The minimum Gasteiger partial charge on any atom is -0.478 e. The van der Waals surface area contributed by atoms with Crippen molar-refractivity contribution >= 4 is 21.4 Å². The molecule has 8 nitrogen and oxygen atoms in total. The molecule has 51 heavy (non-hydrogen) atoms. The summed E-state index contributed by atoms with van der Waals surface area (Å²) in [6, 6.07) is 7.26. The van der Waals surface area contributed by atoms with E-state index < -0.39 is 38.8 Å². The highest BCUT2D eigenvalue weighted by atomic mass is 32.2. The number of aliphatic hydroxyl groups excluding tert-OH is 2. The molecular weight excluding hydrogens is 661 g/mol. The van der Waals surface area contributed by atoms with Crippen LogP contribution in [-0.4, -0.2) is 90.0 Å². The highest BCUT2D eigenvalue weighted by Gasteiger charge is 2.75.